The third-order valence-electron chi connectivity index (χ3n) is 4.37. The molecule has 0 aromatic heterocycles. The van der Waals surface area contributed by atoms with Crippen LogP contribution in [0.1, 0.15) is 34.1 Å². The van der Waals surface area contributed by atoms with Gasteiger partial charge in [-0.2, -0.15) is 26.0 Å². The maximum absolute atomic E-state index is 13.4. The fourth-order valence-corrected chi connectivity index (χ4v) is 3.45. The zero-order chi connectivity index (χ0) is 23.9. The number of rotatable bonds is 8. The van der Waals surface area contributed by atoms with Crippen molar-refractivity contribution in [3.8, 4) is 0 Å². The second-order valence-corrected chi connectivity index (χ2v) is 9.32. The summed E-state index contributed by atoms with van der Waals surface area (Å²) in [4.78, 5) is 11.6. The van der Waals surface area contributed by atoms with Crippen molar-refractivity contribution in [3.63, 3.8) is 0 Å². The molecule has 2 rings (SSSR count). The van der Waals surface area contributed by atoms with Gasteiger partial charge in [-0.3, -0.25) is 4.55 Å². The van der Waals surface area contributed by atoms with E-state index in [9.17, 15) is 30.8 Å². The molecule has 2 aliphatic rings. The summed E-state index contributed by atoms with van der Waals surface area (Å²) < 4.78 is 114. The van der Waals surface area contributed by atoms with Crippen molar-refractivity contribution in [2.24, 2.45) is 0 Å². The summed E-state index contributed by atoms with van der Waals surface area (Å²) >= 11 is 0. The van der Waals surface area contributed by atoms with E-state index in [2.05, 4.69) is 4.74 Å². The van der Waals surface area contributed by atoms with Crippen LogP contribution < -0.4 is 0 Å². The topological polar surface area (TPSA) is 127 Å². The maximum atomic E-state index is 13.4. The van der Waals surface area contributed by atoms with Gasteiger partial charge in [0.2, 0.25) is 0 Å². The van der Waals surface area contributed by atoms with Gasteiger partial charge in [-0.05, 0) is 27.7 Å². The molecule has 0 aliphatic carbocycles. The molecular weight excluding hydrogens is 460 g/mol. The quantitative estimate of drug-likeness (QED) is 0.312. The van der Waals surface area contributed by atoms with Crippen LogP contribution in [0.15, 0.2) is 0 Å². The van der Waals surface area contributed by atoms with Gasteiger partial charge in [0, 0.05) is 0 Å². The zero-order valence-corrected chi connectivity index (χ0v) is 17.9. The first-order valence-corrected chi connectivity index (χ1v) is 10.5. The highest BCUT2D eigenvalue weighted by Crippen LogP contribution is 2.40. The van der Waals surface area contributed by atoms with E-state index in [1.807, 2.05) is 0 Å². The van der Waals surface area contributed by atoms with Gasteiger partial charge in [0.1, 0.15) is 31.5 Å². The molecule has 3 unspecified atom stereocenters. The first kappa shape index (κ1) is 26.0. The van der Waals surface area contributed by atoms with Gasteiger partial charge < -0.3 is 28.4 Å². The molecule has 182 valence electrons. The number of hydrogen-bond donors (Lipinski definition) is 1. The zero-order valence-electron chi connectivity index (χ0n) is 17.1. The molecule has 2 heterocycles. The van der Waals surface area contributed by atoms with E-state index in [0.29, 0.717) is 0 Å². The number of carbonyl (C=O) groups is 1. The van der Waals surface area contributed by atoms with E-state index in [1.165, 1.54) is 0 Å². The van der Waals surface area contributed by atoms with E-state index in [-0.39, 0.29) is 6.61 Å². The maximum Gasteiger partial charge on any atom is 0.508 e. The smallest absolute Gasteiger partial charge is 0.434 e. The summed E-state index contributed by atoms with van der Waals surface area (Å²) in [5.74, 6) is -7.10. The highest BCUT2D eigenvalue weighted by molar-refractivity contribution is 7.87. The lowest BCUT2D eigenvalue weighted by molar-refractivity contribution is -0.175. The van der Waals surface area contributed by atoms with Gasteiger partial charge in [0.05, 0.1) is 13.0 Å². The first-order chi connectivity index (χ1) is 13.9. The largest absolute Gasteiger partial charge is 0.508 e. The first-order valence-electron chi connectivity index (χ1n) is 9.06. The van der Waals surface area contributed by atoms with E-state index >= 15 is 0 Å². The molecular formula is C16H24F4O10S. The molecule has 2 fully saturated rings. The molecule has 2 saturated heterocycles. The molecule has 0 radical (unpaired) electrons. The third kappa shape index (κ3) is 6.16. The second-order valence-electron chi connectivity index (χ2n) is 7.86. The van der Waals surface area contributed by atoms with Gasteiger partial charge in [0.15, 0.2) is 11.6 Å². The predicted octanol–water partition coefficient (Wildman–Crippen LogP) is 2.32. The van der Waals surface area contributed by atoms with Crippen molar-refractivity contribution in [2.75, 3.05) is 19.8 Å². The molecule has 3 atom stereocenters. The van der Waals surface area contributed by atoms with E-state index in [0.717, 1.165) is 0 Å². The molecule has 1 N–H and O–H groups in total. The Bertz CT molecular complexity index is 770. The summed E-state index contributed by atoms with van der Waals surface area (Å²) in [6, 6.07) is 0. The molecule has 2 aliphatic heterocycles. The number of carbonyl (C=O) groups excluding carboxylic acids is 1. The predicted molar refractivity (Wildman–Crippen MR) is 92.1 cm³/mol. The van der Waals surface area contributed by atoms with Gasteiger partial charge in [-0.25, -0.2) is 4.79 Å². The Morgan fingerprint density at radius 2 is 1.68 bits per heavy atom. The molecule has 0 aromatic rings. The lowest BCUT2D eigenvalue weighted by Crippen LogP contribution is -2.47. The Labute approximate surface area is 175 Å². The van der Waals surface area contributed by atoms with Crippen molar-refractivity contribution in [2.45, 2.75) is 75.2 Å². The van der Waals surface area contributed by atoms with Crippen molar-refractivity contribution >= 4 is 16.3 Å². The molecule has 10 nitrogen and oxygen atoms in total. The minimum Gasteiger partial charge on any atom is -0.434 e. The summed E-state index contributed by atoms with van der Waals surface area (Å²) in [5, 5.41) is -5.75. The molecule has 31 heavy (non-hydrogen) atoms. The highest BCUT2D eigenvalue weighted by Gasteiger charge is 2.65. The summed E-state index contributed by atoms with van der Waals surface area (Å²) in [5.41, 5.74) is 0. The van der Waals surface area contributed by atoms with Gasteiger partial charge >= 0.3 is 27.5 Å². The second kappa shape index (κ2) is 8.59. The van der Waals surface area contributed by atoms with Crippen LogP contribution in [0.2, 0.25) is 0 Å². The van der Waals surface area contributed by atoms with Crippen molar-refractivity contribution in [3.05, 3.63) is 0 Å². The summed E-state index contributed by atoms with van der Waals surface area (Å²) in [6.45, 7) is 5.03. The van der Waals surface area contributed by atoms with Gasteiger partial charge in [-0.1, -0.05) is 0 Å². The number of hydrogen-bond acceptors (Lipinski definition) is 9. The summed E-state index contributed by atoms with van der Waals surface area (Å²) in [6.07, 6.45) is -5.46. The van der Waals surface area contributed by atoms with Crippen LogP contribution in [0.25, 0.3) is 0 Å². The Morgan fingerprint density at radius 3 is 2.19 bits per heavy atom. The molecule has 0 saturated carbocycles. The number of halogens is 4. The SMILES string of the molecule is CC1(C)OCC(C2OC(C)(C)OC2COC(=O)OCCC(F)(F)C(F)(F)S(=O)(=O)O)O1. The van der Waals surface area contributed by atoms with Crippen LogP contribution in [0, 0.1) is 0 Å². The number of alkyl halides is 4. The van der Waals surface area contributed by atoms with Crippen molar-refractivity contribution in [1.29, 1.82) is 0 Å². The van der Waals surface area contributed by atoms with Crippen LogP contribution in [-0.2, 0) is 38.5 Å². The van der Waals surface area contributed by atoms with Crippen LogP contribution in [0.3, 0.4) is 0 Å². The Kier molecular flexibility index (Phi) is 7.20. The molecule has 0 aromatic carbocycles. The lowest BCUT2D eigenvalue weighted by atomic mass is 10.1. The van der Waals surface area contributed by atoms with Crippen LogP contribution in [0.4, 0.5) is 22.4 Å². The molecule has 0 spiro atoms. The van der Waals surface area contributed by atoms with Crippen molar-refractivity contribution < 1.29 is 63.7 Å². The molecule has 15 heteroatoms. The van der Waals surface area contributed by atoms with Gasteiger partial charge in [-0.15, -0.1) is 0 Å². The molecule has 0 amide bonds. The average Bonchev–Trinajstić information content (AvgIpc) is 3.09. The minimum absolute atomic E-state index is 0.176. The van der Waals surface area contributed by atoms with Crippen molar-refractivity contribution in [1.82, 2.24) is 0 Å². The van der Waals surface area contributed by atoms with E-state index in [4.69, 9.17) is 28.2 Å². The molecule has 0 bridgehead atoms. The normalized spacial score (nSPS) is 28.5. The standard InChI is InChI=1S/C16H24F4O10S/c1-13(2)27-8-10(28-13)11-9(29-14(3,4)30-11)7-26-12(21)25-6-5-15(17,18)16(19,20)31(22,23)24/h9-11H,5-8H2,1-4H3,(H,22,23,24). The van der Waals surface area contributed by atoms with E-state index in [1.54, 1.807) is 27.7 Å². The van der Waals surface area contributed by atoms with E-state index < -0.39 is 77.0 Å². The van der Waals surface area contributed by atoms with Crippen LogP contribution >= 0.6 is 0 Å². The summed E-state index contributed by atoms with van der Waals surface area (Å²) in [7, 11) is -6.37. The Morgan fingerprint density at radius 1 is 1.06 bits per heavy atom. The number of ether oxygens (including phenoxy) is 6. The lowest BCUT2D eigenvalue weighted by Gasteiger charge is -2.24. The Hall–Kier alpha value is -1.26. The third-order valence-corrected chi connectivity index (χ3v) is 5.32. The monoisotopic (exact) mass is 484 g/mol. The average molecular weight is 484 g/mol. The Balaban J connectivity index is 1.86. The fourth-order valence-electron chi connectivity index (χ4n) is 2.97. The van der Waals surface area contributed by atoms with Crippen LogP contribution in [-0.4, -0.2) is 80.0 Å². The van der Waals surface area contributed by atoms with Crippen LogP contribution in [0.5, 0.6) is 0 Å². The fraction of sp³-hybridized carbons (Fsp3) is 0.938. The highest BCUT2D eigenvalue weighted by atomic mass is 32.2. The van der Waals surface area contributed by atoms with Gasteiger partial charge in [0.25, 0.3) is 0 Å². The minimum atomic E-state index is -6.37.